The molecule has 0 radical (unpaired) electrons. The van der Waals surface area contributed by atoms with Gasteiger partial charge in [-0.1, -0.05) is 6.07 Å². The molecule has 1 spiro atoms. The Morgan fingerprint density at radius 2 is 1.93 bits per heavy atom. The maximum absolute atomic E-state index is 13.1. The van der Waals surface area contributed by atoms with Gasteiger partial charge >= 0.3 is 0 Å². The molecule has 1 amide bonds. The lowest BCUT2D eigenvalue weighted by Gasteiger charge is -2.35. The van der Waals surface area contributed by atoms with Crippen molar-refractivity contribution >= 4 is 29.2 Å². The van der Waals surface area contributed by atoms with E-state index in [0.29, 0.717) is 17.2 Å². The molecule has 3 fully saturated rings. The van der Waals surface area contributed by atoms with Crippen LogP contribution in [0.15, 0.2) is 41.3 Å². The number of rotatable bonds is 5. The number of aromatic nitrogens is 1. The molecule has 3 aliphatic rings. The lowest BCUT2D eigenvalue weighted by atomic mass is 9.93. The molecule has 0 bridgehead atoms. The summed E-state index contributed by atoms with van der Waals surface area (Å²) in [5.74, 6) is 1.18. The molecular formula is C23H27N3OS. The van der Waals surface area contributed by atoms with Gasteiger partial charge in [0.15, 0.2) is 0 Å². The summed E-state index contributed by atoms with van der Waals surface area (Å²) < 4.78 is 0. The van der Waals surface area contributed by atoms with E-state index < -0.39 is 0 Å². The van der Waals surface area contributed by atoms with E-state index in [2.05, 4.69) is 33.6 Å². The lowest BCUT2D eigenvalue weighted by Crippen LogP contribution is -2.35. The van der Waals surface area contributed by atoms with Gasteiger partial charge in [0.1, 0.15) is 5.82 Å². The molecule has 1 saturated heterocycles. The lowest BCUT2D eigenvalue weighted by molar-refractivity contribution is 0.102. The highest BCUT2D eigenvalue weighted by Gasteiger charge is 2.44. The Labute approximate surface area is 171 Å². The number of amides is 1. The highest BCUT2D eigenvalue weighted by Crippen LogP contribution is 2.54. The van der Waals surface area contributed by atoms with Crippen LogP contribution in [-0.2, 0) is 0 Å². The van der Waals surface area contributed by atoms with Crippen molar-refractivity contribution in [2.45, 2.75) is 49.3 Å². The minimum Gasteiger partial charge on any atom is -0.371 e. The third kappa shape index (κ3) is 3.64. The maximum atomic E-state index is 13.1. The smallest absolute Gasteiger partial charge is 0.258 e. The Morgan fingerprint density at radius 1 is 1.14 bits per heavy atom. The third-order valence-electron chi connectivity index (χ3n) is 6.58. The summed E-state index contributed by atoms with van der Waals surface area (Å²) in [6.45, 7) is 2.10. The van der Waals surface area contributed by atoms with Crippen molar-refractivity contribution in [1.29, 1.82) is 0 Å². The predicted octanol–water partition coefficient (Wildman–Crippen LogP) is 5.31. The van der Waals surface area contributed by atoms with Crippen molar-refractivity contribution in [3.63, 3.8) is 0 Å². The largest absolute Gasteiger partial charge is 0.371 e. The molecule has 2 aliphatic carbocycles. The van der Waals surface area contributed by atoms with Gasteiger partial charge in [-0.2, -0.15) is 0 Å². The summed E-state index contributed by atoms with van der Waals surface area (Å²) in [7, 11) is 0. The monoisotopic (exact) mass is 393 g/mol. The Balaban J connectivity index is 1.38. The van der Waals surface area contributed by atoms with Crippen LogP contribution in [0.2, 0.25) is 0 Å². The summed E-state index contributed by atoms with van der Waals surface area (Å²) in [5, 5.41) is 3.04. The first-order chi connectivity index (χ1) is 13.7. The molecule has 4 nitrogen and oxygen atoms in total. The first-order valence-electron chi connectivity index (χ1n) is 10.4. The van der Waals surface area contributed by atoms with Gasteiger partial charge < -0.3 is 10.2 Å². The van der Waals surface area contributed by atoms with Crippen LogP contribution in [0.3, 0.4) is 0 Å². The number of thioether (sulfide) groups is 1. The standard InChI is InChI=1S/C23H27N3OS/c1-28-17-7-8-18(20(15-17)26-13-11-23(9-10-23)12-14-26)22(27)25-21-4-2-3-19(24-21)16-5-6-16/h2-4,7-8,15-16H,5-6,9-14H2,1H3,(H,24,25,27). The van der Waals surface area contributed by atoms with E-state index in [1.807, 2.05) is 24.3 Å². The number of hydrogen-bond donors (Lipinski definition) is 1. The molecule has 1 aliphatic heterocycles. The minimum absolute atomic E-state index is 0.0604. The zero-order valence-electron chi connectivity index (χ0n) is 16.4. The Bertz CT molecular complexity index is 894. The number of pyridine rings is 1. The van der Waals surface area contributed by atoms with E-state index in [1.165, 1.54) is 43.4 Å². The second-order valence-electron chi connectivity index (χ2n) is 8.55. The van der Waals surface area contributed by atoms with Gasteiger partial charge in [-0.15, -0.1) is 11.8 Å². The summed E-state index contributed by atoms with van der Waals surface area (Å²) in [4.78, 5) is 21.4. The highest BCUT2D eigenvalue weighted by molar-refractivity contribution is 7.98. The number of piperidine rings is 1. The summed E-state index contributed by atoms with van der Waals surface area (Å²) in [6.07, 6.45) is 9.79. The molecule has 1 aromatic heterocycles. The van der Waals surface area contributed by atoms with Crippen molar-refractivity contribution in [1.82, 2.24) is 4.98 Å². The van der Waals surface area contributed by atoms with Gasteiger partial charge in [-0.05, 0) is 80.5 Å². The third-order valence-corrected chi connectivity index (χ3v) is 7.30. The fourth-order valence-corrected chi connectivity index (χ4v) is 4.74. The predicted molar refractivity (Wildman–Crippen MR) is 116 cm³/mol. The number of nitrogens with zero attached hydrogens (tertiary/aromatic N) is 2. The van der Waals surface area contributed by atoms with Gasteiger partial charge in [-0.3, -0.25) is 4.79 Å². The van der Waals surface area contributed by atoms with Crippen LogP contribution in [0.4, 0.5) is 11.5 Å². The van der Waals surface area contributed by atoms with Crippen molar-refractivity contribution < 1.29 is 4.79 Å². The Morgan fingerprint density at radius 3 is 2.61 bits per heavy atom. The van der Waals surface area contributed by atoms with Gasteiger partial charge in [-0.25, -0.2) is 4.98 Å². The summed E-state index contributed by atoms with van der Waals surface area (Å²) in [6, 6.07) is 12.1. The fourth-order valence-electron chi connectivity index (χ4n) is 4.30. The van der Waals surface area contributed by atoms with E-state index >= 15 is 0 Å². The SMILES string of the molecule is CSc1ccc(C(=O)Nc2cccc(C3CC3)n2)c(N2CCC3(CC2)CC3)c1. The number of nitrogens with one attached hydrogen (secondary N) is 1. The van der Waals surface area contributed by atoms with E-state index in [9.17, 15) is 4.79 Å². The molecular weight excluding hydrogens is 366 g/mol. The van der Waals surface area contributed by atoms with Gasteiger partial charge in [0.2, 0.25) is 0 Å². The summed E-state index contributed by atoms with van der Waals surface area (Å²) in [5.41, 5.74) is 3.55. The van der Waals surface area contributed by atoms with Crippen LogP contribution < -0.4 is 10.2 Å². The molecule has 2 saturated carbocycles. The molecule has 0 unspecified atom stereocenters. The molecule has 146 valence electrons. The van der Waals surface area contributed by atoms with E-state index in [0.717, 1.165) is 30.0 Å². The van der Waals surface area contributed by atoms with Crippen LogP contribution in [0.25, 0.3) is 0 Å². The molecule has 5 heteroatoms. The van der Waals surface area contributed by atoms with Crippen LogP contribution >= 0.6 is 11.8 Å². The number of benzene rings is 1. The maximum Gasteiger partial charge on any atom is 0.258 e. The topological polar surface area (TPSA) is 45.2 Å². The Kier molecular flexibility index (Phi) is 4.58. The second-order valence-corrected chi connectivity index (χ2v) is 9.43. The zero-order valence-corrected chi connectivity index (χ0v) is 17.2. The van der Waals surface area contributed by atoms with Gasteiger partial charge in [0, 0.05) is 29.6 Å². The Hall–Kier alpha value is -2.01. The zero-order chi connectivity index (χ0) is 19.1. The molecule has 0 atom stereocenters. The van der Waals surface area contributed by atoms with Crippen LogP contribution in [-0.4, -0.2) is 30.2 Å². The van der Waals surface area contributed by atoms with Crippen LogP contribution in [0.1, 0.15) is 60.5 Å². The summed E-state index contributed by atoms with van der Waals surface area (Å²) >= 11 is 1.72. The van der Waals surface area contributed by atoms with Gasteiger partial charge in [0.25, 0.3) is 5.91 Å². The number of carbonyl (C=O) groups excluding carboxylic acids is 1. The fraction of sp³-hybridized carbons (Fsp3) is 0.478. The quantitative estimate of drug-likeness (QED) is 0.699. The average molecular weight is 394 g/mol. The van der Waals surface area contributed by atoms with E-state index in [-0.39, 0.29) is 5.91 Å². The molecule has 1 aromatic carbocycles. The minimum atomic E-state index is -0.0604. The molecule has 2 aromatic rings. The highest BCUT2D eigenvalue weighted by atomic mass is 32.2. The molecule has 2 heterocycles. The van der Waals surface area contributed by atoms with E-state index in [1.54, 1.807) is 11.8 Å². The van der Waals surface area contributed by atoms with E-state index in [4.69, 9.17) is 0 Å². The average Bonchev–Trinajstić information content (AvgIpc) is 3.65. The first kappa shape index (κ1) is 18.0. The molecule has 1 N–H and O–H groups in total. The number of carbonyl (C=O) groups is 1. The number of hydrogen-bond acceptors (Lipinski definition) is 4. The van der Waals surface area contributed by atoms with Crippen molar-refractivity contribution in [2.24, 2.45) is 5.41 Å². The van der Waals surface area contributed by atoms with Crippen molar-refractivity contribution in [3.8, 4) is 0 Å². The van der Waals surface area contributed by atoms with Crippen LogP contribution in [0.5, 0.6) is 0 Å². The molecule has 5 rings (SSSR count). The van der Waals surface area contributed by atoms with Crippen molar-refractivity contribution in [3.05, 3.63) is 47.7 Å². The normalized spacial score (nSPS) is 20.2. The van der Waals surface area contributed by atoms with Crippen LogP contribution in [0, 0.1) is 5.41 Å². The first-order valence-corrected chi connectivity index (χ1v) is 11.6. The van der Waals surface area contributed by atoms with Gasteiger partial charge in [0.05, 0.1) is 11.3 Å². The van der Waals surface area contributed by atoms with Crippen molar-refractivity contribution in [2.75, 3.05) is 29.6 Å². The number of anilines is 2. The second kappa shape index (κ2) is 7.11. The molecule has 28 heavy (non-hydrogen) atoms.